The Labute approximate surface area is 286 Å². The van der Waals surface area contributed by atoms with Crippen molar-refractivity contribution in [2.45, 2.75) is 188 Å². The highest BCUT2D eigenvalue weighted by atomic mass is 28.4. The van der Waals surface area contributed by atoms with Crippen molar-refractivity contribution in [3.8, 4) is 0 Å². The quantitative estimate of drug-likeness (QED) is 0.185. The molecule has 2 fully saturated rings. The average molecular weight is 673 g/mol. The van der Waals surface area contributed by atoms with Crippen LogP contribution in [0, 0.1) is 22.7 Å². The summed E-state index contributed by atoms with van der Waals surface area (Å²) in [7, 11) is -3.97. The topological polar surface area (TPSA) is 47.9 Å². The highest BCUT2D eigenvalue weighted by Gasteiger charge is 2.60. The van der Waals surface area contributed by atoms with Crippen LogP contribution in [0.5, 0.6) is 0 Å². The van der Waals surface area contributed by atoms with Gasteiger partial charge in [-0.25, -0.2) is 0 Å². The molecule has 4 aliphatic carbocycles. The molecule has 0 heterocycles. The molecule has 264 valence electrons. The summed E-state index contributed by atoms with van der Waals surface area (Å²) < 4.78 is 21.3. The fourth-order valence-electron chi connectivity index (χ4n) is 8.76. The van der Waals surface area contributed by atoms with Gasteiger partial charge in [-0.05, 0) is 118 Å². The second-order valence-corrected chi connectivity index (χ2v) is 29.1. The van der Waals surface area contributed by atoms with E-state index in [4.69, 9.17) is 13.6 Å². The Balaban J connectivity index is 1.69. The molecule has 0 radical (unpaired) electrons. The van der Waals surface area contributed by atoms with E-state index >= 15 is 0 Å². The van der Waals surface area contributed by atoms with Crippen LogP contribution in [0.3, 0.4) is 0 Å². The summed E-state index contributed by atoms with van der Waals surface area (Å²) in [5.41, 5.74) is 3.47. The maximum Gasteiger partial charge on any atom is 0.192 e. The highest BCUT2D eigenvalue weighted by Crippen LogP contribution is 2.66. The second-order valence-electron chi connectivity index (χ2n) is 19.6. The number of ether oxygens (including phenoxy) is 1. The third-order valence-electron chi connectivity index (χ3n) is 14.4. The maximum absolute atomic E-state index is 11.0. The Morgan fingerprint density at radius 2 is 1.41 bits per heavy atom. The van der Waals surface area contributed by atoms with E-state index in [-0.39, 0.29) is 33.1 Å². The van der Waals surface area contributed by atoms with Crippen LogP contribution in [0.2, 0.25) is 36.3 Å². The van der Waals surface area contributed by atoms with Crippen LogP contribution in [0.1, 0.15) is 128 Å². The molecule has 4 rings (SSSR count). The fraction of sp³-hybridized carbons (Fsp3) is 0.850. The minimum Gasteiger partial charge on any atom is -0.414 e. The predicted octanol–water partition coefficient (Wildman–Crippen LogP) is 11.1. The highest BCUT2D eigenvalue weighted by molar-refractivity contribution is 6.74. The molecule has 0 saturated heterocycles. The molecule has 0 aliphatic heterocycles. The van der Waals surface area contributed by atoms with Crippen LogP contribution in [0.4, 0.5) is 0 Å². The second kappa shape index (κ2) is 12.4. The zero-order valence-electron chi connectivity index (χ0n) is 32.9. The van der Waals surface area contributed by atoms with Gasteiger partial charge in [0.25, 0.3) is 0 Å². The van der Waals surface area contributed by atoms with Crippen LogP contribution in [-0.2, 0) is 13.6 Å². The molecule has 2 saturated carbocycles. The number of allylic oxidation sites excluding steroid dienone is 4. The third-order valence-corrected chi connectivity index (χ3v) is 23.4. The van der Waals surface area contributed by atoms with Crippen LogP contribution >= 0.6 is 0 Å². The van der Waals surface area contributed by atoms with Crippen molar-refractivity contribution >= 4 is 16.6 Å². The monoisotopic (exact) mass is 672 g/mol. The molecule has 0 aromatic carbocycles. The van der Waals surface area contributed by atoms with E-state index in [1.54, 1.807) is 11.1 Å². The van der Waals surface area contributed by atoms with Gasteiger partial charge in [0.2, 0.25) is 0 Å². The van der Waals surface area contributed by atoms with Gasteiger partial charge in [-0.1, -0.05) is 98.6 Å². The Morgan fingerprint density at radius 3 is 1.96 bits per heavy atom. The molecular formula is C40H72O4Si2. The Morgan fingerprint density at radius 1 is 0.848 bits per heavy atom. The molecule has 0 aromatic heterocycles. The van der Waals surface area contributed by atoms with Gasteiger partial charge >= 0.3 is 0 Å². The van der Waals surface area contributed by atoms with E-state index in [2.05, 4.69) is 128 Å². The van der Waals surface area contributed by atoms with E-state index in [9.17, 15) is 5.11 Å². The third kappa shape index (κ3) is 6.67. The van der Waals surface area contributed by atoms with E-state index in [0.29, 0.717) is 31.3 Å². The van der Waals surface area contributed by atoms with Crippen molar-refractivity contribution in [1.29, 1.82) is 0 Å². The van der Waals surface area contributed by atoms with Gasteiger partial charge < -0.3 is 18.7 Å². The van der Waals surface area contributed by atoms with Crippen LogP contribution in [0.15, 0.2) is 34.9 Å². The summed E-state index contributed by atoms with van der Waals surface area (Å²) in [6.45, 7) is 37.9. The van der Waals surface area contributed by atoms with Crippen LogP contribution < -0.4 is 0 Å². The van der Waals surface area contributed by atoms with Crippen LogP contribution in [0.25, 0.3) is 0 Å². The van der Waals surface area contributed by atoms with Crippen molar-refractivity contribution < 1.29 is 18.7 Å². The van der Waals surface area contributed by atoms with E-state index in [1.807, 2.05) is 0 Å². The summed E-state index contributed by atoms with van der Waals surface area (Å²) in [5.74, 6) is 0.959. The standard InChI is InChI=1S/C40H72O4Si2/c1-17-40(41,18-2)27-42-37(9,10)33-22-21-31-30-20-19-28-25-29(43-45(13,14)35(3,4)5)26-34(44-46(15,16)36(6,7)8)39(28,12)32(30)23-24-38(31,33)11/h19-20,22,29,31-32,34,41H,17-18,21,23-27H2,1-16H3/t29?,31-,32-,34?,38-,39-/m0/s1. The summed E-state index contributed by atoms with van der Waals surface area (Å²) >= 11 is 0. The van der Waals surface area contributed by atoms with E-state index < -0.39 is 27.8 Å². The molecule has 4 nitrogen and oxygen atoms in total. The minimum absolute atomic E-state index is 0.0261. The summed E-state index contributed by atoms with van der Waals surface area (Å²) in [6.07, 6.45) is 14.7. The minimum atomic E-state index is -2.04. The van der Waals surface area contributed by atoms with Gasteiger partial charge in [0.1, 0.15) is 0 Å². The smallest absolute Gasteiger partial charge is 0.192 e. The number of fused-ring (bicyclic) bond motifs is 5. The molecule has 0 bridgehead atoms. The molecule has 6 atom stereocenters. The average Bonchev–Trinajstić information content (AvgIpc) is 3.29. The molecule has 6 heteroatoms. The lowest BCUT2D eigenvalue weighted by Crippen LogP contribution is -2.58. The largest absolute Gasteiger partial charge is 0.414 e. The fourth-order valence-corrected chi connectivity index (χ4v) is 11.5. The van der Waals surface area contributed by atoms with E-state index in [0.717, 1.165) is 25.7 Å². The first-order valence-electron chi connectivity index (χ1n) is 18.6. The van der Waals surface area contributed by atoms with Crippen molar-refractivity contribution in [3.63, 3.8) is 0 Å². The van der Waals surface area contributed by atoms with Crippen molar-refractivity contribution in [1.82, 2.24) is 0 Å². The molecule has 1 N–H and O–H groups in total. The SMILES string of the molecule is CCC(O)(CC)COC(C)(C)C1=CC[C@H]2C3=CC=C4CC(O[Si](C)(C)C(C)(C)C)CC(O[Si](C)(C)C(C)(C)C)[C@]4(C)[C@H]3CC[C@]12C. The lowest BCUT2D eigenvalue weighted by molar-refractivity contribution is -0.103. The summed E-state index contributed by atoms with van der Waals surface area (Å²) in [5, 5.41) is 11.4. The zero-order valence-corrected chi connectivity index (χ0v) is 34.9. The van der Waals surface area contributed by atoms with Gasteiger partial charge in [-0.2, -0.15) is 0 Å². The number of aliphatic hydroxyl groups is 1. The molecule has 4 aliphatic rings. The Kier molecular flexibility index (Phi) is 10.3. The molecule has 46 heavy (non-hydrogen) atoms. The Bertz CT molecular complexity index is 1220. The molecule has 0 spiro atoms. The molecular weight excluding hydrogens is 601 g/mol. The summed E-state index contributed by atoms with van der Waals surface area (Å²) in [6, 6.07) is 0. The van der Waals surface area contributed by atoms with Gasteiger partial charge in [-0.3, -0.25) is 0 Å². The molecule has 2 unspecified atom stereocenters. The predicted molar refractivity (Wildman–Crippen MR) is 200 cm³/mol. The van der Waals surface area contributed by atoms with Gasteiger partial charge in [-0.15, -0.1) is 0 Å². The first-order valence-corrected chi connectivity index (χ1v) is 24.4. The molecule has 0 amide bonds. The maximum atomic E-state index is 11.0. The molecule has 0 aromatic rings. The van der Waals surface area contributed by atoms with Gasteiger partial charge in [0.15, 0.2) is 16.6 Å². The van der Waals surface area contributed by atoms with Crippen LogP contribution in [-0.4, -0.2) is 51.8 Å². The normalized spacial score (nSPS) is 32.7. The lowest BCUT2D eigenvalue weighted by atomic mass is 9.49. The lowest BCUT2D eigenvalue weighted by Gasteiger charge is -2.59. The zero-order chi connectivity index (χ0) is 34.9. The van der Waals surface area contributed by atoms with Crippen molar-refractivity contribution in [2.24, 2.45) is 22.7 Å². The number of hydrogen-bond donors (Lipinski definition) is 1. The van der Waals surface area contributed by atoms with Gasteiger partial charge in [0.05, 0.1) is 30.0 Å². The Hall–Kier alpha value is -0.506. The number of hydrogen-bond acceptors (Lipinski definition) is 4. The summed E-state index contributed by atoms with van der Waals surface area (Å²) in [4.78, 5) is 0. The van der Waals surface area contributed by atoms with Crippen molar-refractivity contribution in [2.75, 3.05) is 6.61 Å². The van der Waals surface area contributed by atoms with E-state index in [1.165, 1.54) is 12.0 Å². The number of rotatable bonds is 10. The van der Waals surface area contributed by atoms with Gasteiger partial charge in [0, 0.05) is 5.41 Å². The first-order chi connectivity index (χ1) is 20.8. The van der Waals surface area contributed by atoms with Crippen molar-refractivity contribution in [3.05, 3.63) is 34.9 Å². The first kappa shape index (κ1) is 38.3.